The first-order chi connectivity index (χ1) is 7.41. The fraction of sp³-hybridized carbons (Fsp3) is 0.786. The Morgan fingerprint density at radius 2 is 1.69 bits per heavy atom. The number of carbonyl (C=O) groups is 1. The third-order valence-corrected chi connectivity index (χ3v) is 2.34. The van der Waals surface area contributed by atoms with E-state index in [0.29, 0.717) is 5.41 Å². The molecule has 1 amide bonds. The number of nitrogens with zero attached hydrogens (tertiary/aromatic N) is 1. The van der Waals surface area contributed by atoms with Gasteiger partial charge in [-0.3, -0.25) is 4.79 Å². The maximum absolute atomic E-state index is 10.3. The van der Waals surface area contributed by atoms with E-state index in [1.165, 1.54) is 6.42 Å². The molecule has 16 heavy (non-hydrogen) atoms. The quantitative estimate of drug-likeness (QED) is 0.498. The highest BCUT2D eigenvalue weighted by atomic mass is 16.1. The second kappa shape index (κ2) is 10.7. The van der Waals surface area contributed by atoms with Crippen LogP contribution in [0.2, 0.25) is 0 Å². The van der Waals surface area contributed by atoms with E-state index in [0.717, 1.165) is 32.3 Å². The minimum absolute atomic E-state index is 0.542. The Bertz CT molecular complexity index is 170. The number of hydrogen-bond donors (Lipinski definition) is 0. The third kappa shape index (κ3) is 15.7. The maximum atomic E-state index is 10.3. The molecular formula is C14H29NO. The lowest BCUT2D eigenvalue weighted by Crippen LogP contribution is -2.23. The summed E-state index contributed by atoms with van der Waals surface area (Å²) in [5.41, 5.74) is 0.542. The van der Waals surface area contributed by atoms with Crippen molar-refractivity contribution in [3.63, 3.8) is 0 Å². The zero-order valence-electron chi connectivity index (χ0n) is 11.8. The summed E-state index contributed by atoms with van der Waals surface area (Å²) >= 11 is 0. The van der Waals surface area contributed by atoms with E-state index in [4.69, 9.17) is 0 Å². The van der Waals surface area contributed by atoms with Gasteiger partial charge in [-0.05, 0) is 18.3 Å². The highest BCUT2D eigenvalue weighted by Crippen LogP contribution is 2.16. The van der Waals surface area contributed by atoms with Gasteiger partial charge in [0.15, 0.2) is 0 Å². The molecule has 2 nitrogen and oxygen atoms in total. The molecule has 0 atom stereocenters. The van der Waals surface area contributed by atoms with E-state index in [1.807, 2.05) is 6.08 Å². The summed E-state index contributed by atoms with van der Waals surface area (Å²) in [5, 5.41) is 0. The number of carbonyl (C=O) groups excluding carboxylic acids is 1. The van der Waals surface area contributed by atoms with Gasteiger partial charge in [-0.2, -0.15) is 0 Å². The Morgan fingerprint density at radius 1 is 1.19 bits per heavy atom. The SMILES string of the molecule is C=CCCN(C=O)CCC.CCC(C)(C)C. The standard InChI is InChI=1S/C8H15NO.C6H14/c1-3-5-7-9(8-10)6-4-2;1-5-6(2,3)4/h3,8H,1,4-7H2,2H3;5H2,1-4H3. The Hall–Kier alpha value is -0.790. The topological polar surface area (TPSA) is 20.3 Å². The summed E-state index contributed by atoms with van der Waals surface area (Å²) in [6, 6.07) is 0. The fourth-order valence-electron chi connectivity index (χ4n) is 0.762. The molecular weight excluding hydrogens is 198 g/mol. The number of amides is 1. The zero-order valence-corrected chi connectivity index (χ0v) is 11.8. The molecule has 2 heteroatoms. The molecule has 0 aliphatic heterocycles. The highest BCUT2D eigenvalue weighted by Gasteiger charge is 2.03. The highest BCUT2D eigenvalue weighted by molar-refractivity contribution is 5.46. The van der Waals surface area contributed by atoms with Crippen LogP contribution in [0.1, 0.15) is 53.9 Å². The van der Waals surface area contributed by atoms with Crippen molar-refractivity contribution < 1.29 is 4.79 Å². The van der Waals surface area contributed by atoms with Crippen LogP contribution in [0, 0.1) is 5.41 Å². The number of rotatable bonds is 6. The van der Waals surface area contributed by atoms with Gasteiger partial charge < -0.3 is 4.90 Å². The van der Waals surface area contributed by atoms with Gasteiger partial charge in [0.2, 0.25) is 6.41 Å². The molecule has 0 saturated carbocycles. The van der Waals surface area contributed by atoms with Crippen LogP contribution in [-0.2, 0) is 4.79 Å². The molecule has 0 aromatic rings. The molecule has 0 N–H and O–H groups in total. The van der Waals surface area contributed by atoms with Gasteiger partial charge in [-0.15, -0.1) is 6.58 Å². The van der Waals surface area contributed by atoms with Crippen LogP contribution < -0.4 is 0 Å². The van der Waals surface area contributed by atoms with Crippen molar-refractivity contribution in [3.05, 3.63) is 12.7 Å². The fourth-order valence-corrected chi connectivity index (χ4v) is 0.762. The van der Waals surface area contributed by atoms with Gasteiger partial charge in [-0.1, -0.05) is 47.1 Å². The minimum Gasteiger partial charge on any atom is -0.345 e. The van der Waals surface area contributed by atoms with Crippen molar-refractivity contribution in [2.75, 3.05) is 13.1 Å². The molecule has 0 rings (SSSR count). The summed E-state index contributed by atoms with van der Waals surface area (Å²) in [4.78, 5) is 12.1. The van der Waals surface area contributed by atoms with Crippen LogP contribution in [0.15, 0.2) is 12.7 Å². The lowest BCUT2D eigenvalue weighted by Gasteiger charge is -2.13. The maximum Gasteiger partial charge on any atom is 0.209 e. The molecule has 0 heterocycles. The molecule has 0 aromatic heterocycles. The van der Waals surface area contributed by atoms with Crippen molar-refractivity contribution in [2.45, 2.75) is 53.9 Å². The molecule has 0 fully saturated rings. The molecule has 0 unspecified atom stereocenters. The van der Waals surface area contributed by atoms with E-state index in [-0.39, 0.29) is 0 Å². The van der Waals surface area contributed by atoms with E-state index < -0.39 is 0 Å². The van der Waals surface area contributed by atoms with Gasteiger partial charge in [0, 0.05) is 13.1 Å². The summed E-state index contributed by atoms with van der Waals surface area (Å²) in [6.45, 7) is 16.2. The van der Waals surface area contributed by atoms with Crippen molar-refractivity contribution >= 4 is 6.41 Å². The van der Waals surface area contributed by atoms with Crippen LogP contribution >= 0.6 is 0 Å². The Kier molecular flexibility index (Phi) is 11.8. The van der Waals surface area contributed by atoms with Crippen molar-refractivity contribution in [1.29, 1.82) is 0 Å². The molecule has 0 aromatic carbocycles. The monoisotopic (exact) mass is 227 g/mol. The molecule has 96 valence electrons. The van der Waals surface area contributed by atoms with Gasteiger partial charge in [-0.25, -0.2) is 0 Å². The van der Waals surface area contributed by atoms with E-state index in [1.54, 1.807) is 4.90 Å². The Labute approximate surface area is 102 Å². The minimum atomic E-state index is 0.542. The van der Waals surface area contributed by atoms with Crippen molar-refractivity contribution in [3.8, 4) is 0 Å². The Morgan fingerprint density at radius 3 is 1.94 bits per heavy atom. The second-order valence-electron chi connectivity index (χ2n) is 5.13. The summed E-state index contributed by atoms with van der Waals surface area (Å²) in [7, 11) is 0. The van der Waals surface area contributed by atoms with Gasteiger partial charge in [0.05, 0.1) is 0 Å². The van der Waals surface area contributed by atoms with Crippen LogP contribution in [-0.4, -0.2) is 24.4 Å². The molecule has 0 saturated heterocycles. The summed E-state index contributed by atoms with van der Waals surface area (Å²) in [6.07, 6.45) is 5.90. The van der Waals surface area contributed by atoms with Crippen LogP contribution in [0.3, 0.4) is 0 Å². The first kappa shape index (κ1) is 17.6. The Balaban J connectivity index is 0. The normalized spacial score (nSPS) is 10.1. The number of hydrogen-bond acceptors (Lipinski definition) is 1. The molecule has 0 bridgehead atoms. The van der Waals surface area contributed by atoms with Crippen LogP contribution in [0.25, 0.3) is 0 Å². The first-order valence-electron chi connectivity index (χ1n) is 6.21. The summed E-state index contributed by atoms with van der Waals surface area (Å²) < 4.78 is 0. The predicted molar refractivity (Wildman–Crippen MR) is 72.5 cm³/mol. The third-order valence-electron chi connectivity index (χ3n) is 2.34. The lowest BCUT2D eigenvalue weighted by atomic mass is 9.94. The van der Waals surface area contributed by atoms with Gasteiger partial charge in [0.25, 0.3) is 0 Å². The van der Waals surface area contributed by atoms with Crippen molar-refractivity contribution in [2.24, 2.45) is 5.41 Å². The average Bonchev–Trinajstić information content (AvgIpc) is 2.24. The van der Waals surface area contributed by atoms with Crippen LogP contribution in [0.5, 0.6) is 0 Å². The van der Waals surface area contributed by atoms with Crippen molar-refractivity contribution in [1.82, 2.24) is 4.90 Å². The molecule has 0 radical (unpaired) electrons. The zero-order chi connectivity index (χ0) is 13.0. The largest absolute Gasteiger partial charge is 0.345 e. The summed E-state index contributed by atoms with van der Waals surface area (Å²) in [5.74, 6) is 0. The van der Waals surface area contributed by atoms with Gasteiger partial charge >= 0.3 is 0 Å². The second-order valence-corrected chi connectivity index (χ2v) is 5.13. The smallest absolute Gasteiger partial charge is 0.209 e. The molecule has 0 spiro atoms. The van der Waals surface area contributed by atoms with E-state index in [2.05, 4.69) is 41.2 Å². The van der Waals surface area contributed by atoms with Crippen LogP contribution in [0.4, 0.5) is 0 Å². The van der Waals surface area contributed by atoms with E-state index >= 15 is 0 Å². The molecule has 0 aliphatic carbocycles. The lowest BCUT2D eigenvalue weighted by molar-refractivity contribution is -0.118. The molecule has 0 aliphatic rings. The van der Waals surface area contributed by atoms with E-state index in [9.17, 15) is 4.79 Å². The first-order valence-corrected chi connectivity index (χ1v) is 6.21. The van der Waals surface area contributed by atoms with Gasteiger partial charge in [0.1, 0.15) is 0 Å². The average molecular weight is 227 g/mol. The predicted octanol–water partition coefficient (Wildman–Crippen LogP) is 3.87.